The summed E-state index contributed by atoms with van der Waals surface area (Å²) in [6.45, 7) is 7.80. The summed E-state index contributed by atoms with van der Waals surface area (Å²) in [5, 5.41) is 2.80. The van der Waals surface area contributed by atoms with E-state index in [0.717, 1.165) is 5.56 Å². The fourth-order valence-electron chi connectivity index (χ4n) is 1.53. The number of carbonyl (C=O) groups is 1. The molecule has 3 N–H and O–H groups in total. The van der Waals surface area contributed by atoms with Crippen LogP contribution in [0.4, 0.5) is 5.69 Å². The van der Waals surface area contributed by atoms with Crippen LogP contribution in [0, 0.1) is 12.8 Å². The van der Waals surface area contributed by atoms with Crippen LogP contribution in [0.3, 0.4) is 0 Å². The summed E-state index contributed by atoms with van der Waals surface area (Å²) in [4.78, 5) is 11.9. The number of ether oxygens (including phenoxy) is 1. The number of carbonyl (C=O) groups excluding carboxylic acids is 1. The van der Waals surface area contributed by atoms with E-state index in [1.807, 2.05) is 19.1 Å². The van der Waals surface area contributed by atoms with Crippen molar-refractivity contribution in [2.45, 2.75) is 20.8 Å². The first kappa shape index (κ1) is 14.5. The predicted molar refractivity (Wildman–Crippen MR) is 73.6 cm³/mol. The molecule has 0 radical (unpaired) electrons. The number of para-hydroxylation sites is 1. The van der Waals surface area contributed by atoms with E-state index in [9.17, 15) is 4.79 Å². The van der Waals surface area contributed by atoms with Gasteiger partial charge in [-0.2, -0.15) is 0 Å². The van der Waals surface area contributed by atoms with Crippen molar-refractivity contribution < 1.29 is 9.53 Å². The molecule has 0 aliphatic rings. The minimum Gasteiger partial charge on any atom is -0.398 e. The highest BCUT2D eigenvalue weighted by molar-refractivity contribution is 5.99. The van der Waals surface area contributed by atoms with Crippen LogP contribution in [0.5, 0.6) is 0 Å². The monoisotopic (exact) mass is 250 g/mol. The van der Waals surface area contributed by atoms with Gasteiger partial charge in [0.2, 0.25) is 0 Å². The molecule has 1 aromatic carbocycles. The molecule has 0 spiro atoms. The van der Waals surface area contributed by atoms with Gasteiger partial charge in [-0.05, 0) is 24.5 Å². The molecule has 100 valence electrons. The van der Waals surface area contributed by atoms with Crippen LogP contribution < -0.4 is 11.1 Å². The second-order valence-corrected chi connectivity index (χ2v) is 4.76. The van der Waals surface area contributed by atoms with E-state index in [1.54, 1.807) is 6.07 Å². The first-order valence-electron chi connectivity index (χ1n) is 6.23. The van der Waals surface area contributed by atoms with Crippen LogP contribution in [0.1, 0.15) is 29.8 Å². The number of rotatable bonds is 6. The Morgan fingerprint density at radius 1 is 1.44 bits per heavy atom. The molecule has 0 saturated carbocycles. The van der Waals surface area contributed by atoms with Gasteiger partial charge in [0.25, 0.3) is 5.91 Å². The van der Waals surface area contributed by atoms with Gasteiger partial charge in [-0.1, -0.05) is 26.0 Å². The summed E-state index contributed by atoms with van der Waals surface area (Å²) in [7, 11) is 0. The molecule has 0 unspecified atom stereocenters. The molecule has 4 heteroatoms. The maximum Gasteiger partial charge on any atom is 0.253 e. The Morgan fingerprint density at radius 3 is 2.83 bits per heavy atom. The topological polar surface area (TPSA) is 64.3 Å². The smallest absolute Gasteiger partial charge is 0.253 e. The normalized spacial score (nSPS) is 10.7. The van der Waals surface area contributed by atoms with Gasteiger partial charge in [0.05, 0.1) is 12.2 Å². The summed E-state index contributed by atoms with van der Waals surface area (Å²) in [5.41, 5.74) is 7.84. The first-order chi connectivity index (χ1) is 8.52. The largest absolute Gasteiger partial charge is 0.398 e. The van der Waals surface area contributed by atoms with E-state index >= 15 is 0 Å². The van der Waals surface area contributed by atoms with E-state index in [2.05, 4.69) is 19.2 Å². The molecule has 0 saturated heterocycles. The highest BCUT2D eigenvalue weighted by Gasteiger charge is 2.09. The average molecular weight is 250 g/mol. The van der Waals surface area contributed by atoms with E-state index in [4.69, 9.17) is 10.5 Å². The second kappa shape index (κ2) is 7.01. The van der Waals surface area contributed by atoms with Crippen molar-refractivity contribution in [1.82, 2.24) is 5.32 Å². The molecular formula is C14H22N2O2. The highest BCUT2D eigenvalue weighted by Crippen LogP contribution is 2.15. The summed E-state index contributed by atoms with van der Waals surface area (Å²) >= 11 is 0. The SMILES string of the molecule is Cc1cccc(C(=O)NCCOCC(C)C)c1N. The zero-order valence-corrected chi connectivity index (χ0v) is 11.3. The first-order valence-corrected chi connectivity index (χ1v) is 6.23. The van der Waals surface area contributed by atoms with Crippen molar-refractivity contribution in [3.8, 4) is 0 Å². The molecular weight excluding hydrogens is 228 g/mol. The third-order valence-electron chi connectivity index (χ3n) is 2.55. The number of hydrogen-bond donors (Lipinski definition) is 2. The van der Waals surface area contributed by atoms with Gasteiger partial charge in [-0.25, -0.2) is 0 Å². The number of hydrogen-bond acceptors (Lipinski definition) is 3. The summed E-state index contributed by atoms with van der Waals surface area (Å²) in [6.07, 6.45) is 0. The molecule has 1 amide bonds. The van der Waals surface area contributed by atoms with E-state index in [-0.39, 0.29) is 5.91 Å². The Morgan fingerprint density at radius 2 is 2.17 bits per heavy atom. The van der Waals surface area contributed by atoms with Gasteiger partial charge in [0.15, 0.2) is 0 Å². The van der Waals surface area contributed by atoms with Crippen molar-refractivity contribution in [2.24, 2.45) is 5.92 Å². The molecule has 0 aromatic heterocycles. The molecule has 4 nitrogen and oxygen atoms in total. The van der Waals surface area contributed by atoms with E-state index in [1.165, 1.54) is 0 Å². The van der Waals surface area contributed by atoms with Crippen molar-refractivity contribution in [1.29, 1.82) is 0 Å². The molecule has 18 heavy (non-hydrogen) atoms. The summed E-state index contributed by atoms with van der Waals surface area (Å²) in [6, 6.07) is 5.44. The fraction of sp³-hybridized carbons (Fsp3) is 0.500. The standard InChI is InChI=1S/C14H22N2O2/c1-10(2)9-18-8-7-16-14(17)12-6-4-5-11(3)13(12)15/h4-6,10H,7-9,15H2,1-3H3,(H,16,17). The maximum atomic E-state index is 11.9. The Bertz CT molecular complexity index is 403. The molecule has 0 aliphatic heterocycles. The molecule has 1 aromatic rings. The minimum atomic E-state index is -0.149. The van der Waals surface area contributed by atoms with Crippen molar-refractivity contribution in [3.05, 3.63) is 29.3 Å². The molecule has 0 bridgehead atoms. The lowest BCUT2D eigenvalue weighted by Gasteiger charge is -2.10. The predicted octanol–water partition coefficient (Wildman–Crippen LogP) is 1.98. The minimum absolute atomic E-state index is 0.149. The van der Waals surface area contributed by atoms with Crippen LogP contribution in [-0.4, -0.2) is 25.7 Å². The van der Waals surface area contributed by atoms with Crippen molar-refractivity contribution in [2.75, 3.05) is 25.5 Å². The van der Waals surface area contributed by atoms with Crippen LogP contribution in [-0.2, 0) is 4.74 Å². The molecule has 0 heterocycles. The third kappa shape index (κ3) is 4.37. The van der Waals surface area contributed by atoms with Crippen LogP contribution in [0.25, 0.3) is 0 Å². The summed E-state index contributed by atoms with van der Waals surface area (Å²) < 4.78 is 5.39. The number of aryl methyl sites for hydroxylation is 1. The van der Waals surface area contributed by atoms with Crippen molar-refractivity contribution in [3.63, 3.8) is 0 Å². The van der Waals surface area contributed by atoms with Gasteiger partial charge in [-0.3, -0.25) is 4.79 Å². The Labute approximate surface area is 109 Å². The Kier molecular flexibility index (Phi) is 5.65. The van der Waals surface area contributed by atoms with Crippen LogP contribution >= 0.6 is 0 Å². The van der Waals surface area contributed by atoms with Gasteiger partial charge in [0, 0.05) is 18.8 Å². The lowest BCUT2D eigenvalue weighted by atomic mass is 10.1. The molecule has 0 atom stereocenters. The van der Waals surface area contributed by atoms with E-state index in [0.29, 0.717) is 36.9 Å². The lowest BCUT2D eigenvalue weighted by molar-refractivity contribution is 0.0887. The number of benzene rings is 1. The Hall–Kier alpha value is -1.55. The summed E-state index contributed by atoms with van der Waals surface area (Å²) in [5.74, 6) is 0.359. The highest BCUT2D eigenvalue weighted by atomic mass is 16.5. The quantitative estimate of drug-likeness (QED) is 0.599. The number of amides is 1. The molecule has 0 aliphatic carbocycles. The number of nitrogens with one attached hydrogen (secondary N) is 1. The van der Waals surface area contributed by atoms with Gasteiger partial charge < -0.3 is 15.8 Å². The zero-order valence-electron chi connectivity index (χ0n) is 11.3. The van der Waals surface area contributed by atoms with Gasteiger partial charge in [-0.15, -0.1) is 0 Å². The van der Waals surface area contributed by atoms with Crippen LogP contribution in [0.2, 0.25) is 0 Å². The van der Waals surface area contributed by atoms with Crippen molar-refractivity contribution >= 4 is 11.6 Å². The zero-order chi connectivity index (χ0) is 13.5. The molecule has 0 fully saturated rings. The third-order valence-corrected chi connectivity index (χ3v) is 2.55. The lowest BCUT2D eigenvalue weighted by Crippen LogP contribution is -2.28. The fourth-order valence-corrected chi connectivity index (χ4v) is 1.53. The average Bonchev–Trinajstić information content (AvgIpc) is 2.31. The number of nitrogen functional groups attached to an aromatic ring is 1. The number of anilines is 1. The van der Waals surface area contributed by atoms with E-state index < -0.39 is 0 Å². The number of nitrogens with two attached hydrogens (primary N) is 1. The maximum absolute atomic E-state index is 11.9. The second-order valence-electron chi connectivity index (χ2n) is 4.76. The molecule has 1 rings (SSSR count). The Balaban J connectivity index is 2.39. The van der Waals surface area contributed by atoms with Crippen LogP contribution in [0.15, 0.2) is 18.2 Å². The van der Waals surface area contributed by atoms with Gasteiger partial charge in [0.1, 0.15) is 0 Å². The van der Waals surface area contributed by atoms with Gasteiger partial charge >= 0.3 is 0 Å².